The Kier molecular flexibility index (Phi) is 8.10. The number of rotatable bonds is 10. The molecule has 1 aromatic carbocycles. The summed E-state index contributed by atoms with van der Waals surface area (Å²) in [6, 6.07) is 8.27. The Labute approximate surface area is 198 Å². The molecule has 0 saturated heterocycles. The van der Waals surface area contributed by atoms with Gasteiger partial charge in [-0.2, -0.15) is 0 Å². The van der Waals surface area contributed by atoms with E-state index in [-0.39, 0.29) is 29.4 Å². The second-order valence-corrected chi connectivity index (χ2v) is 9.41. The molecule has 0 aliphatic rings. The number of ether oxygens (including phenoxy) is 1. The van der Waals surface area contributed by atoms with Gasteiger partial charge >= 0.3 is 0 Å². The number of aryl methyl sites for hydroxylation is 1. The third kappa shape index (κ3) is 5.37. The van der Waals surface area contributed by atoms with Crippen LogP contribution in [0.4, 0.5) is 4.39 Å². The van der Waals surface area contributed by atoms with Crippen LogP contribution in [0.3, 0.4) is 0 Å². The van der Waals surface area contributed by atoms with E-state index in [0.717, 1.165) is 22.9 Å². The highest BCUT2D eigenvalue weighted by molar-refractivity contribution is 7.99. The van der Waals surface area contributed by atoms with Crippen molar-refractivity contribution in [2.75, 3.05) is 33.6 Å². The quantitative estimate of drug-likeness (QED) is 0.316. The summed E-state index contributed by atoms with van der Waals surface area (Å²) in [5.41, 5.74) is 3.43. The summed E-state index contributed by atoms with van der Waals surface area (Å²) in [5.74, 6) is 0.669. The summed E-state index contributed by atoms with van der Waals surface area (Å²) in [6.45, 7) is 8.65. The number of thioether (sulfide) groups is 1. The predicted molar refractivity (Wildman–Crippen MR) is 129 cm³/mol. The van der Waals surface area contributed by atoms with Crippen molar-refractivity contribution in [1.29, 1.82) is 0 Å². The molecule has 0 radical (unpaired) electrons. The lowest BCUT2D eigenvalue weighted by atomic mass is 10.2. The molecular weight excluding hydrogens is 441 g/mol. The SMILES string of the molecule is COCC(C)n1c(C)cc(C(=O)CSc2nnc(C(C)N(C)C)n2-c2ccc(F)cc2)c1C. The maximum atomic E-state index is 13.5. The van der Waals surface area contributed by atoms with Crippen LogP contribution in [0.2, 0.25) is 0 Å². The van der Waals surface area contributed by atoms with Crippen LogP contribution < -0.4 is 0 Å². The van der Waals surface area contributed by atoms with E-state index in [9.17, 15) is 9.18 Å². The van der Waals surface area contributed by atoms with Gasteiger partial charge in [0, 0.05) is 29.7 Å². The van der Waals surface area contributed by atoms with Crippen LogP contribution >= 0.6 is 11.8 Å². The number of aromatic nitrogens is 4. The average Bonchev–Trinajstić information content (AvgIpc) is 3.32. The third-order valence-electron chi connectivity index (χ3n) is 5.86. The second kappa shape index (κ2) is 10.6. The molecule has 0 bridgehead atoms. The standard InChI is InChI=1S/C24H32FN5O2S/c1-15-12-21(17(3)29(15)16(2)13-32-7)22(31)14-33-24-27-26-23(18(4)28(5)6)30(24)20-10-8-19(25)9-11-20/h8-12,16,18H,13-14H2,1-7H3. The van der Waals surface area contributed by atoms with Gasteiger partial charge in [0.1, 0.15) is 5.82 Å². The number of carbonyl (C=O) groups is 1. The first-order chi connectivity index (χ1) is 15.6. The molecule has 3 rings (SSSR count). The highest BCUT2D eigenvalue weighted by Gasteiger charge is 2.23. The Bertz CT molecular complexity index is 1110. The summed E-state index contributed by atoms with van der Waals surface area (Å²) in [6.07, 6.45) is 0. The van der Waals surface area contributed by atoms with Crippen LogP contribution in [0.25, 0.3) is 5.69 Å². The number of carbonyl (C=O) groups excluding carboxylic acids is 1. The lowest BCUT2D eigenvalue weighted by molar-refractivity contribution is 0.102. The van der Waals surface area contributed by atoms with E-state index < -0.39 is 0 Å². The van der Waals surface area contributed by atoms with Crippen molar-refractivity contribution in [2.24, 2.45) is 0 Å². The van der Waals surface area contributed by atoms with Crippen LogP contribution in [0.5, 0.6) is 0 Å². The molecule has 33 heavy (non-hydrogen) atoms. The van der Waals surface area contributed by atoms with Crippen LogP contribution in [0.15, 0.2) is 35.5 Å². The summed E-state index contributed by atoms with van der Waals surface area (Å²) in [5, 5.41) is 9.35. The van der Waals surface area contributed by atoms with E-state index >= 15 is 0 Å². The number of benzene rings is 1. The van der Waals surface area contributed by atoms with E-state index in [2.05, 4.69) is 21.7 Å². The topological polar surface area (TPSA) is 65.2 Å². The molecule has 178 valence electrons. The number of Topliss-reactive ketones (excluding diaryl/α,β-unsaturated/α-hetero) is 1. The fraction of sp³-hybridized carbons (Fsp3) is 0.458. The van der Waals surface area contributed by atoms with E-state index in [0.29, 0.717) is 17.3 Å². The van der Waals surface area contributed by atoms with Gasteiger partial charge in [0.15, 0.2) is 16.8 Å². The molecule has 9 heteroatoms. The fourth-order valence-corrected chi connectivity index (χ4v) is 4.81. The first-order valence-corrected chi connectivity index (χ1v) is 11.8. The molecule has 0 aliphatic carbocycles. The Morgan fingerprint density at radius 2 is 1.85 bits per heavy atom. The van der Waals surface area contributed by atoms with E-state index in [1.54, 1.807) is 19.2 Å². The molecular formula is C24H32FN5O2S. The minimum Gasteiger partial charge on any atom is -0.383 e. The Hall–Kier alpha value is -2.49. The van der Waals surface area contributed by atoms with Gasteiger partial charge in [-0.1, -0.05) is 11.8 Å². The summed E-state index contributed by atoms with van der Waals surface area (Å²) in [4.78, 5) is 15.2. The molecule has 2 unspecified atom stereocenters. The van der Waals surface area contributed by atoms with E-state index in [1.807, 2.05) is 50.4 Å². The molecule has 0 N–H and O–H groups in total. The number of methoxy groups -OCH3 is 1. The largest absolute Gasteiger partial charge is 0.383 e. The molecule has 2 aromatic heterocycles. The number of hydrogen-bond donors (Lipinski definition) is 0. The van der Waals surface area contributed by atoms with Crippen molar-refractivity contribution in [3.8, 4) is 5.69 Å². The maximum absolute atomic E-state index is 13.5. The molecule has 0 saturated carbocycles. The van der Waals surface area contributed by atoms with Crippen molar-refractivity contribution in [1.82, 2.24) is 24.2 Å². The lowest BCUT2D eigenvalue weighted by Gasteiger charge is -2.20. The molecule has 3 aromatic rings. The van der Waals surface area contributed by atoms with Crippen LogP contribution in [0.1, 0.15) is 53.5 Å². The fourth-order valence-electron chi connectivity index (χ4n) is 3.97. The minimum absolute atomic E-state index is 0.0196. The van der Waals surface area contributed by atoms with Crippen LogP contribution in [-0.2, 0) is 4.74 Å². The smallest absolute Gasteiger partial charge is 0.196 e. The van der Waals surface area contributed by atoms with Crippen LogP contribution in [0, 0.1) is 19.7 Å². The van der Waals surface area contributed by atoms with Gasteiger partial charge in [0.05, 0.1) is 24.4 Å². The van der Waals surface area contributed by atoms with Gasteiger partial charge in [-0.05, 0) is 72.1 Å². The molecule has 2 heterocycles. The van der Waals surface area contributed by atoms with Gasteiger partial charge in [-0.3, -0.25) is 14.3 Å². The summed E-state index contributed by atoms with van der Waals surface area (Å²) >= 11 is 1.34. The highest BCUT2D eigenvalue weighted by atomic mass is 32.2. The van der Waals surface area contributed by atoms with E-state index in [1.165, 1.54) is 23.9 Å². The zero-order valence-corrected chi connectivity index (χ0v) is 21.1. The Balaban J connectivity index is 1.88. The van der Waals surface area contributed by atoms with Crippen molar-refractivity contribution in [3.05, 3.63) is 58.9 Å². The number of ketones is 1. The summed E-state index contributed by atoms with van der Waals surface area (Å²) < 4.78 is 22.8. The minimum atomic E-state index is -0.309. The van der Waals surface area contributed by atoms with E-state index in [4.69, 9.17) is 4.74 Å². The zero-order chi connectivity index (χ0) is 24.3. The van der Waals surface area contributed by atoms with Crippen molar-refractivity contribution < 1.29 is 13.9 Å². The Morgan fingerprint density at radius 3 is 2.45 bits per heavy atom. The van der Waals surface area contributed by atoms with Crippen molar-refractivity contribution in [3.63, 3.8) is 0 Å². The average molecular weight is 474 g/mol. The summed E-state index contributed by atoms with van der Waals surface area (Å²) in [7, 11) is 5.60. The number of hydrogen-bond acceptors (Lipinski definition) is 6. The van der Waals surface area contributed by atoms with Gasteiger partial charge in [-0.15, -0.1) is 10.2 Å². The second-order valence-electron chi connectivity index (χ2n) is 8.46. The molecule has 2 atom stereocenters. The molecule has 7 nitrogen and oxygen atoms in total. The lowest BCUT2D eigenvalue weighted by Crippen LogP contribution is -2.20. The normalized spacial score (nSPS) is 13.5. The zero-order valence-electron chi connectivity index (χ0n) is 20.3. The highest BCUT2D eigenvalue weighted by Crippen LogP contribution is 2.28. The first-order valence-electron chi connectivity index (χ1n) is 10.9. The van der Waals surface area contributed by atoms with Crippen molar-refractivity contribution >= 4 is 17.5 Å². The molecule has 0 amide bonds. The third-order valence-corrected chi connectivity index (χ3v) is 6.79. The van der Waals surface area contributed by atoms with Gasteiger partial charge in [0.2, 0.25) is 0 Å². The Morgan fingerprint density at radius 1 is 1.18 bits per heavy atom. The first kappa shape index (κ1) is 25.1. The monoisotopic (exact) mass is 473 g/mol. The van der Waals surface area contributed by atoms with Gasteiger partial charge < -0.3 is 9.30 Å². The number of halogens is 1. The van der Waals surface area contributed by atoms with Gasteiger partial charge in [0.25, 0.3) is 0 Å². The van der Waals surface area contributed by atoms with Crippen LogP contribution in [-0.4, -0.2) is 63.6 Å². The van der Waals surface area contributed by atoms with Crippen molar-refractivity contribution in [2.45, 2.75) is 44.9 Å². The molecule has 0 aliphatic heterocycles. The van der Waals surface area contributed by atoms with Gasteiger partial charge in [-0.25, -0.2) is 4.39 Å². The molecule has 0 spiro atoms. The maximum Gasteiger partial charge on any atom is 0.196 e. The molecule has 0 fully saturated rings. The predicted octanol–water partition coefficient (Wildman–Crippen LogP) is 4.63. The number of nitrogens with zero attached hydrogens (tertiary/aromatic N) is 5.